The molecule has 0 bridgehead atoms. The molecule has 0 fully saturated rings. The van der Waals surface area contributed by atoms with E-state index in [0.29, 0.717) is 5.56 Å². The number of carboxylic acid groups (broad SMARTS) is 1. The Balaban J connectivity index is 2.51. The smallest absolute Gasteiger partial charge is 0.328 e. The van der Waals surface area contributed by atoms with Gasteiger partial charge in [0.1, 0.15) is 6.67 Å². The molecule has 1 atom stereocenters. The first kappa shape index (κ1) is 16.3. The minimum atomic E-state index is -1.55. The standard InChI is InChI=1S/C13H16FNO4S/c1-7-5-9(8(2)20-7)11(16)3-4-12(17)15-10(6-14)13(18)19/h5,10H,3-4,6H2,1-2H3,(H,15,17)(H,18,19). The first-order chi connectivity index (χ1) is 9.35. The van der Waals surface area contributed by atoms with Crippen LogP contribution in [0.15, 0.2) is 6.07 Å². The molecular formula is C13H16FNO4S. The van der Waals surface area contributed by atoms with Gasteiger partial charge in [0.25, 0.3) is 0 Å². The highest BCUT2D eigenvalue weighted by atomic mass is 32.1. The van der Waals surface area contributed by atoms with Gasteiger partial charge in [0, 0.05) is 28.2 Å². The summed E-state index contributed by atoms with van der Waals surface area (Å²) < 4.78 is 12.3. The van der Waals surface area contributed by atoms with Crippen molar-refractivity contribution in [3.8, 4) is 0 Å². The molecule has 110 valence electrons. The molecule has 0 aliphatic rings. The van der Waals surface area contributed by atoms with Crippen LogP contribution in [0.2, 0.25) is 0 Å². The average molecular weight is 301 g/mol. The molecule has 1 amide bonds. The highest BCUT2D eigenvalue weighted by molar-refractivity contribution is 7.12. The molecule has 1 rings (SSSR count). The quantitative estimate of drug-likeness (QED) is 0.753. The largest absolute Gasteiger partial charge is 0.480 e. The van der Waals surface area contributed by atoms with Crippen LogP contribution in [-0.4, -0.2) is 35.5 Å². The van der Waals surface area contributed by atoms with Crippen molar-refractivity contribution in [3.63, 3.8) is 0 Å². The van der Waals surface area contributed by atoms with Gasteiger partial charge < -0.3 is 10.4 Å². The average Bonchev–Trinajstić information content (AvgIpc) is 2.71. The second kappa shape index (κ2) is 7.14. The van der Waals surface area contributed by atoms with Crippen molar-refractivity contribution in [2.75, 3.05) is 6.67 Å². The van der Waals surface area contributed by atoms with Gasteiger partial charge in [-0.15, -0.1) is 11.3 Å². The van der Waals surface area contributed by atoms with Crippen molar-refractivity contribution in [2.45, 2.75) is 32.7 Å². The molecule has 0 saturated carbocycles. The number of aryl methyl sites for hydroxylation is 2. The lowest BCUT2D eigenvalue weighted by Crippen LogP contribution is -2.42. The molecule has 0 saturated heterocycles. The zero-order chi connectivity index (χ0) is 15.3. The summed E-state index contributed by atoms with van der Waals surface area (Å²) in [5.74, 6) is -2.25. The third-order valence-electron chi connectivity index (χ3n) is 2.71. The number of amides is 1. The van der Waals surface area contributed by atoms with Crippen molar-refractivity contribution in [3.05, 3.63) is 21.4 Å². The van der Waals surface area contributed by atoms with Crippen molar-refractivity contribution < 1.29 is 23.9 Å². The SMILES string of the molecule is Cc1cc(C(=O)CCC(=O)NC(CF)C(=O)O)c(C)s1. The maximum absolute atomic E-state index is 12.3. The predicted octanol–water partition coefficient (Wildman–Crippen LogP) is 1.87. The number of carboxylic acids is 1. The number of thiophene rings is 1. The summed E-state index contributed by atoms with van der Waals surface area (Å²) in [6.45, 7) is 2.53. The van der Waals surface area contributed by atoms with Crippen LogP contribution >= 0.6 is 11.3 Å². The van der Waals surface area contributed by atoms with E-state index in [1.807, 2.05) is 19.2 Å². The van der Waals surface area contributed by atoms with Crippen LogP contribution in [0.25, 0.3) is 0 Å². The zero-order valence-electron chi connectivity index (χ0n) is 11.2. The highest BCUT2D eigenvalue weighted by Gasteiger charge is 2.20. The van der Waals surface area contributed by atoms with E-state index < -0.39 is 24.6 Å². The zero-order valence-corrected chi connectivity index (χ0v) is 12.1. The molecule has 1 aromatic rings. The monoisotopic (exact) mass is 301 g/mol. The Labute approximate surface area is 119 Å². The second-order valence-electron chi connectivity index (χ2n) is 4.36. The molecule has 20 heavy (non-hydrogen) atoms. The summed E-state index contributed by atoms with van der Waals surface area (Å²) in [7, 11) is 0. The fourth-order valence-corrected chi connectivity index (χ4v) is 2.64. The van der Waals surface area contributed by atoms with Crippen LogP contribution in [0.5, 0.6) is 0 Å². The summed E-state index contributed by atoms with van der Waals surface area (Å²) in [4.78, 5) is 35.8. The third-order valence-corrected chi connectivity index (χ3v) is 3.67. The number of nitrogens with one attached hydrogen (secondary N) is 1. The maximum atomic E-state index is 12.3. The number of rotatable bonds is 7. The van der Waals surface area contributed by atoms with E-state index in [-0.39, 0.29) is 18.6 Å². The summed E-state index contributed by atoms with van der Waals surface area (Å²) in [6, 6.07) is 0.213. The van der Waals surface area contributed by atoms with E-state index in [4.69, 9.17) is 5.11 Å². The van der Waals surface area contributed by atoms with Gasteiger partial charge in [0.05, 0.1) is 0 Å². The molecule has 1 unspecified atom stereocenters. The van der Waals surface area contributed by atoms with Crippen LogP contribution in [0, 0.1) is 13.8 Å². The lowest BCUT2D eigenvalue weighted by molar-refractivity contribution is -0.142. The van der Waals surface area contributed by atoms with E-state index in [1.54, 1.807) is 6.07 Å². The summed E-state index contributed by atoms with van der Waals surface area (Å²) in [6.07, 6.45) is -0.182. The number of Topliss-reactive ketones (excluding diaryl/α,β-unsaturated/α-hetero) is 1. The Morgan fingerprint density at radius 2 is 2.00 bits per heavy atom. The molecule has 1 heterocycles. The Morgan fingerprint density at radius 1 is 1.35 bits per heavy atom. The van der Waals surface area contributed by atoms with Crippen molar-refractivity contribution in [1.29, 1.82) is 0 Å². The molecule has 5 nitrogen and oxygen atoms in total. The number of hydrogen-bond donors (Lipinski definition) is 2. The topological polar surface area (TPSA) is 83.5 Å². The number of aliphatic carboxylic acids is 1. The van der Waals surface area contributed by atoms with Crippen LogP contribution in [0.4, 0.5) is 4.39 Å². The van der Waals surface area contributed by atoms with Crippen molar-refractivity contribution >= 4 is 29.0 Å². The number of carbonyl (C=O) groups excluding carboxylic acids is 2. The van der Waals surface area contributed by atoms with Crippen LogP contribution < -0.4 is 5.32 Å². The van der Waals surface area contributed by atoms with Gasteiger partial charge in [-0.3, -0.25) is 9.59 Å². The molecule has 0 aromatic carbocycles. The minimum absolute atomic E-state index is 0.0263. The third kappa shape index (κ3) is 4.41. The molecule has 0 radical (unpaired) electrons. The van der Waals surface area contributed by atoms with E-state index >= 15 is 0 Å². The minimum Gasteiger partial charge on any atom is -0.480 e. The second-order valence-corrected chi connectivity index (χ2v) is 5.82. The molecule has 0 spiro atoms. The molecule has 0 aliphatic heterocycles. The lowest BCUT2D eigenvalue weighted by atomic mass is 10.1. The summed E-state index contributed by atoms with van der Waals surface area (Å²) >= 11 is 1.50. The Hall–Kier alpha value is -1.76. The first-order valence-corrected chi connectivity index (χ1v) is 6.85. The predicted molar refractivity (Wildman–Crippen MR) is 72.9 cm³/mol. The molecule has 0 aliphatic carbocycles. The molecule has 1 aromatic heterocycles. The molecular weight excluding hydrogens is 285 g/mol. The van der Waals surface area contributed by atoms with Gasteiger partial charge in [-0.25, -0.2) is 9.18 Å². The van der Waals surface area contributed by atoms with Gasteiger partial charge in [-0.05, 0) is 19.9 Å². The molecule has 2 N–H and O–H groups in total. The molecule has 7 heteroatoms. The number of ketones is 1. The van der Waals surface area contributed by atoms with E-state index in [2.05, 4.69) is 0 Å². The summed E-state index contributed by atoms with van der Waals surface area (Å²) in [5.41, 5.74) is 0.584. The Kier molecular flexibility index (Phi) is 5.82. The Morgan fingerprint density at radius 3 is 2.45 bits per heavy atom. The van der Waals surface area contributed by atoms with Gasteiger partial charge in [0.2, 0.25) is 5.91 Å². The van der Waals surface area contributed by atoms with Crippen LogP contribution in [0.3, 0.4) is 0 Å². The number of hydrogen-bond acceptors (Lipinski definition) is 4. The van der Waals surface area contributed by atoms with E-state index in [1.165, 1.54) is 11.3 Å². The van der Waals surface area contributed by atoms with E-state index in [0.717, 1.165) is 9.75 Å². The first-order valence-electron chi connectivity index (χ1n) is 6.03. The van der Waals surface area contributed by atoms with Gasteiger partial charge in [0.15, 0.2) is 11.8 Å². The highest BCUT2D eigenvalue weighted by Crippen LogP contribution is 2.22. The van der Waals surface area contributed by atoms with Crippen LogP contribution in [0.1, 0.15) is 33.0 Å². The van der Waals surface area contributed by atoms with Gasteiger partial charge >= 0.3 is 5.97 Å². The fraction of sp³-hybridized carbons (Fsp3) is 0.462. The van der Waals surface area contributed by atoms with Crippen molar-refractivity contribution in [2.24, 2.45) is 0 Å². The fourth-order valence-electron chi connectivity index (χ4n) is 1.70. The number of alkyl halides is 1. The summed E-state index contributed by atoms with van der Waals surface area (Å²) in [5, 5.41) is 10.6. The number of carbonyl (C=O) groups is 3. The lowest BCUT2D eigenvalue weighted by Gasteiger charge is -2.10. The maximum Gasteiger partial charge on any atom is 0.328 e. The number of halogens is 1. The van der Waals surface area contributed by atoms with E-state index in [9.17, 15) is 18.8 Å². The normalized spacial score (nSPS) is 11.9. The van der Waals surface area contributed by atoms with Crippen molar-refractivity contribution in [1.82, 2.24) is 5.32 Å². The van der Waals surface area contributed by atoms with Gasteiger partial charge in [-0.2, -0.15) is 0 Å². The van der Waals surface area contributed by atoms with Crippen LogP contribution in [-0.2, 0) is 9.59 Å². The Bertz CT molecular complexity index is 526. The van der Waals surface area contributed by atoms with Gasteiger partial charge in [-0.1, -0.05) is 0 Å².